The van der Waals surface area contributed by atoms with Gasteiger partial charge in [-0.05, 0) is 50.2 Å². The molecular weight excluding hydrogens is 544 g/mol. The smallest absolute Gasteiger partial charge is 0.335 e. The lowest BCUT2D eigenvalue weighted by Gasteiger charge is -2.00. The van der Waals surface area contributed by atoms with Crippen molar-refractivity contribution < 1.29 is 14.7 Å². The fraction of sp³-hybridized carbons (Fsp3) is 0.103. The number of hydrogen-bond acceptors (Lipinski definition) is 9. The molecular formula is C29H28N6O3S2. The number of hydrogen-bond donors (Lipinski definition) is 3. The second-order valence-corrected chi connectivity index (χ2v) is 10.2. The van der Waals surface area contributed by atoms with Gasteiger partial charge in [0.05, 0.1) is 27.4 Å². The molecule has 6 rings (SSSR count). The Hall–Kier alpha value is -4.74. The number of nitrogen functional groups attached to an aromatic ring is 1. The molecule has 0 aliphatic rings. The number of rotatable bonds is 3. The van der Waals surface area contributed by atoms with Gasteiger partial charge in [-0.15, -0.1) is 0 Å². The topological polar surface area (TPSA) is 144 Å². The van der Waals surface area contributed by atoms with Gasteiger partial charge in [0.15, 0.2) is 10.3 Å². The fourth-order valence-electron chi connectivity index (χ4n) is 3.27. The molecule has 0 spiro atoms. The average Bonchev–Trinajstić information content (AvgIpc) is 3.51. The van der Waals surface area contributed by atoms with Crippen LogP contribution in [0.1, 0.15) is 39.5 Å². The van der Waals surface area contributed by atoms with E-state index in [0.717, 1.165) is 31.8 Å². The molecule has 0 unspecified atom stereocenters. The molecule has 0 aliphatic carbocycles. The first-order valence-corrected chi connectivity index (χ1v) is 13.3. The van der Waals surface area contributed by atoms with E-state index >= 15 is 0 Å². The van der Waals surface area contributed by atoms with E-state index in [9.17, 15) is 9.59 Å². The van der Waals surface area contributed by atoms with Crippen molar-refractivity contribution in [3.63, 3.8) is 0 Å². The molecule has 4 heterocycles. The molecule has 0 fully saturated rings. The standard InChI is InChI=1S/C14H11N3OS.C7H7N3S.C7H6O2.CH4/c1-9-7-12-11(8-15-9)16-14(19-12)17-13(18)10-5-3-2-4-6-10;1-4-2-6-5(3-9-4)10-7(8)11-6;8-7(9)6-4-2-1-3-5-6;/h2-8H,1H3,(H,16,17,18);2-3H,1H3,(H2,8,10);1-5H,(H,8,9);1H4. The Kier molecular flexibility index (Phi) is 10.3. The number of nitrogens with zero attached hydrogens (tertiary/aromatic N) is 4. The Morgan fingerprint density at radius 1 is 0.775 bits per heavy atom. The number of pyridine rings is 2. The Morgan fingerprint density at radius 3 is 1.80 bits per heavy atom. The zero-order valence-electron chi connectivity index (χ0n) is 21.0. The predicted octanol–water partition coefficient (Wildman–Crippen LogP) is 6.85. The first-order valence-electron chi connectivity index (χ1n) is 11.6. The van der Waals surface area contributed by atoms with E-state index in [2.05, 4.69) is 25.3 Å². The van der Waals surface area contributed by atoms with E-state index in [4.69, 9.17) is 10.8 Å². The van der Waals surface area contributed by atoms with Gasteiger partial charge in [0.25, 0.3) is 5.91 Å². The Balaban J connectivity index is 0.000000179. The highest BCUT2D eigenvalue weighted by Gasteiger charge is 2.09. The van der Waals surface area contributed by atoms with Crippen LogP contribution in [-0.4, -0.2) is 36.9 Å². The van der Waals surface area contributed by atoms with E-state index in [1.54, 1.807) is 54.9 Å². The van der Waals surface area contributed by atoms with Crippen LogP contribution < -0.4 is 11.1 Å². The molecule has 4 aromatic heterocycles. The largest absolute Gasteiger partial charge is 0.478 e. The summed E-state index contributed by atoms with van der Waals surface area (Å²) in [5.41, 5.74) is 10.1. The lowest BCUT2D eigenvalue weighted by atomic mass is 10.2. The van der Waals surface area contributed by atoms with Gasteiger partial charge in [0.1, 0.15) is 11.0 Å². The number of carboxylic acids is 1. The molecule has 4 N–H and O–H groups in total. The SMILES string of the molecule is C.Cc1cc2sc(N)nc2cn1.Cc1cc2sc(NC(=O)c3ccccc3)nc2cn1.O=C(O)c1ccccc1. The normalized spacial score (nSPS) is 9.95. The zero-order chi connectivity index (χ0) is 27.8. The second-order valence-electron chi connectivity index (χ2n) is 8.15. The van der Waals surface area contributed by atoms with Crippen molar-refractivity contribution in [1.29, 1.82) is 0 Å². The molecule has 40 heavy (non-hydrogen) atoms. The number of carbonyl (C=O) groups excluding carboxylic acids is 1. The summed E-state index contributed by atoms with van der Waals surface area (Å²) in [5, 5.41) is 12.4. The lowest BCUT2D eigenvalue weighted by Crippen LogP contribution is -2.11. The van der Waals surface area contributed by atoms with Crippen molar-refractivity contribution in [2.75, 3.05) is 11.1 Å². The highest BCUT2D eigenvalue weighted by Crippen LogP contribution is 2.26. The van der Waals surface area contributed by atoms with Crippen LogP contribution in [0.5, 0.6) is 0 Å². The number of nitrogens with two attached hydrogens (primary N) is 1. The summed E-state index contributed by atoms with van der Waals surface area (Å²) in [6.45, 7) is 3.89. The highest BCUT2D eigenvalue weighted by atomic mass is 32.1. The molecule has 0 saturated carbocycles. The molecule has 11 heteroatoms. The third-order valence-corrected chi connectivity index (χ3v) is 6.90. The number of carbonyl (C=O) groups is 2. The summed E-state index contributed by atoms with van der Waals surface area (Å²) in [7, 11) is 0. The number of aromatic nitrogens is 4. The Bertz CT molecular complexity index is 1720. The number of anilines is 2. The van der Waals surface area contributed by atoms with Gasteiger partial charge < -0.3 is 10.8 Å². The molecule has 9 nitrogen and oxygen atoms in total. The van der Waals surface area contributed by atoms with E-state index in [0.29, 0.717) is 21.4 Å². The highest BCUT2D eigenvalue weighted by molar-refractivity contribution is 7.22. The van der Waals surface area contributed by atoms with E-state index in [1.807, 2.05) is 44.2 Å². The zero-order valence-corrected chi connectivity index (χ0v) is 22.7. The van der Waals surface area contributed by atoms with Gasteiger partial charge in [0, 0.05) is 17.0 Å². The molecule has 6 aromatic rings. The maximum absolute atomic E-state index is 12.0. The van der Waals surface area contributed by atoms with Crippen LogP contribution in [0.3, 0.4) is 0 Å². The molecule has 1 amide bonds. The number of nitrogens with one attached hydrogen (secondary N) is 1. The van der Waals surface area contributed by atoms with Crippen molar-refractivity contribution in [1.82, 2.24) is 19.9 Å². The number of amides is 1. The van der Waals surface area contributed by atoms with Crippen molar-refractivity contribution in [2.45, 2.75) is 21.3 Å². The monoisotopic (exact) mass is 572 g/mol. The van der Waals surface area contributed by atoms with Crippen molar-refractivity contribution in [3.8, 4) is 0 Å². The minimum Gasteiger partial charge on any atom is -0.478 e. The number of aromatic carboxylic acids is 1. The van der Waals surface area contributed by atoms with Crippen molar-refractivity contribution in [2.24, 2.45) is 0 Å². The number of fused-ring (bicyclic) bond motifs is 2. The van der Waals surface area contributed by atoms with Crippen LogP contribution in [0.15, 0.2) is 85.2 Å². The van der Waals surface area contributed by atoms with Crippen molar-refractivity contribution >= 4 is 65.2 Å². The minimum atomic E-state index is -0.879. The first-order chi connectivity index (χ1) is 18.8. The molecule has 204 valence electrons. The van der Waals surface area contributed by atoms with Crippen LogP contribution in [0, 0.1) is 13.8 Å². The maximum Gasteiger partial charge on any atom is 0.335 e. The predicted molar refractivity (Wildman–Crippen MR) is 163 cm³/mol. The molecule has 0 bridgehead atoms. The molecule has 0 radical (unpaired) electrons. The van der Waals surface area contributed by atoms with Crippen LogP contribution in [0.2, 0.25) is 0 Å². The number of benzene rings is 2. The van der Waals surface area contributed by atoms with Gasteiger partial charge in [-0.1, -0.05) is 66.5 Å². The summed E-state index contributed by atoms with van der Waals surface area (Å²) in [5.74, 6) is -1.03. The molecule has 0 atom stereocenters. The summed E-state index contributed by atoms with van der Waals surface area (Å²) in [6, 6.07) is 21.3. The molecule has 2 aromatic carbocycles. The molecule has 0 saturated heterocycles. The van der Waals surface area contributed by atoms with Gasteiger partial charge in [0.2, 0.25) is 0 Å². The van der Waals surface area contributed by atoms with E-state index in [1.165, 1.54) is 22.7 Å². The van der Waals surface area contributed by atoms with Crippen LogP contribution in [0.4, 0.5) is 10.3 Å². The summed E-state index contributed by atoms with van der Waals surface area (Å²) >= 11 is 2.94. The average molecular weight is 573 g/mol. The fourth-order valence-corrected chi connectivity index (χ4v) is 5.00. The number of thiazole rings is 2. The minimum absolute atomic E-state index is 0. The van der Waals surface area contributed by atoms with Crippen LogP contribution >= 0.6 is 22.7 Å². The van der Waals surface area contributed by atoms with Crippen LogP contribution in [0.25, 0.3) is 20.4 Å². The van der Waals surface area contributed by atoms with E-state index < -0.39 is 5.97 Å². The third-order valence-electron chi connectivity index (χ3n) is 5.12. The summed E-state index contributed by atoms with van der Waals surface area (Å²) in [4.78, 5) is 38.9. The summed E-state index contributed by atoms with van der Waals surface area (Å²) < 4.78 is 2.13. The quantitative estimate of drug-likeness (QED) is 0.209. The Morgan fingerprint density at radius 2 is 1.27 bits per heavy atom. The number of carboxylic acid groups (broad SMARTS) is 1. The maximum atomic E-state index is 12.0. The Labute approximate surface area is 239 Å². The summed E-state index contributed by atoms with van der Waals surface area (Å²) in [6.07, 6.45) is 3.47. The van der Waals surface area contributed by atoms with Gasteiger partial charge >= 0.3 is 5.97 Å². The van der Waals surface area contributed by atoms with Crippen LogP contribution in [-0.2, 0) is 0 Å². The van der Waals surface area contributed by atoms with Gasteiger partial charge in [-0.25, -0.2) is 14.8 Å². The number of aryl methyl sites for hydroxylation is 2. The second kappa shape index (κ2) is 13.9. The van der Waals surface area contributed by atoms with Crippen molar-refractivity contribution in [3.05, 3.63) is 108 Å². The third kappa shape index (κ3) is 8.13. The first kappa shape index (κ1) is 29.8. The van der Waals surface area contributed by atoms with E-state index in [-0.39, 0.29) is 13.3 Å². The lowest BCUT2D eigenvalue weighted by molar-refractivity contribution is 0.0696. The van der Waals surface area contributed by atoms with Gasteiger partial charge in [-0.3, -0.25) is 20.1 Å². The molecule has 0 aliphatic heterocycles. The van der Waals surface area contributed by atoms with Gasteiger partial charge in [-0.2, -0.15) is 0 Å².